The van der Waals surface area contributed by atoms with Gasteiger partial charge in [0.05, 0.1) is 0 Å². The van der Waals surface area contributed by atoms with Gasteiger partial charge in [-0.3, -0.25) is 0 Å². The first kappa shape index (κ1) is 13.6. The molecule has 0 radical (unpaired) electrons. The molecule has 2 nitrogen and oxygen atoms in total. The SMILES string of the molecule is CC[SiH](O[Si](C)(C)C)O[Si](C)(C)C. The zero-order chi connectivity index (χ0) is 10.7. The Bertz CT molecular complexity index is 132. The van der Waals surface area contributed by atoms with Crippen LogP contribution < -0.4 is 0 Å². The summed E-state index contributed by atoms with van der Waals surface area (Å²) in [6.07, 6.45) is 0. The van der Waals surface area contributed by atoms with Crippen LogP contribution in [0.5, 0.6) is 0 Å². The summed E-state index contributed by atoms with van der Waals surface area (Å²) in [6.45, 7) is 15.6. The van der Waals surface area contributed by atoms with Crippen molar-refractivity contribution in [2.45, 2.75) is 52.2 Å². The lowest BCUT2D eigenvalue weighted by Gasteiger charge is -2.29. The molecular weight excluding hydrogens is 212 g/mol. The Kier molecular flexibility index (Phi) is 5.09. The summed E-state index contributed by atoms with van der Waals surface area (Å²) < 4.78 is 12.1. The van der Waals surface area contributed by atoms with E-state index in [0.29, 0.717) is 0 Å². The van der Waals surface area contributed by atoms with Crippen molar-refractivity contribution >= 4 is 25.9 Å². The Morgan fingerprint density at radius 3 is 1.31 bits per heavy atom. The highest BCUT2D eigenvalue weighted by molar-refractivity contribution is 6.81. The minimum absolute atomic E-state index is 1.09. The summed E-state index contributed by atoms with van der Waals surface area (Å²) in [5.41, 5.74) is 0. The predicted octanol–water partition coefficient (Wildman–Crippen LogP) is 2.93. The molecule has 0 saturated carbocycles. The van der Waals surface area contributed by atoms with Crippen molar-refractivity contribution in [2.24, 2.45) is 0 Å². The lowest BCUT2D eigenvalue weighted by Crippen LogP contribution is -2.42. The van der Waals surface area contributed by atoms with Gasteiger partial charge in [0.2, 0.25) is 0 Å². The van der Waals surface area contributed by atoms with E-state index in [1.54, 1.807) is 0 Å². The molecular formula is C8H24O2Si3. The number of hydrogen-bond donors (Lipinski definition) is 0. The summed E-state index contributed by atoms with van der Waals surface area (Å²) in [5, 5.41) is 0. The molecule has 0 unspecified atom stereocenters. The summed E-state index contributed by atoms with van der Waals surface area (Å²) in [4.78, 5) is 0. The second-order valence-corrected chi connectivity index (χ2v) is 17.3. The van der Waals surface area contributed by atoms with E-state index >= 15 is 0 Å². The first-order valence-corrected chi connectivity index (χ1v) is 13.6. The third-order valence-electron chi connectivity index (χ3n) is 1.30. The van der Waals surface area contributed by atoms with E-state index in [4.69, 9.17) is 8.23 Å². The van der Waals surface area contributed by atoms with Crippen molar-refractivity contribution in [3.05, 3.63) is 0 Å². The maximum atomic E-state index is 6.05. The van der Waals surface area contributed by atoms with Crippen LogP contribution in [0.4, 0.5) is 0 Å². The first-order chi connectivity index (χ1) is 5.64. The van der Waals surface area contributed by atoms with Crippen LogP contribution >= 0.6 is 0 Å². The van der Waals surface area contributed by atoms with Crippen LogP contribution in [-0.4, -0.2) is 25.9 Å². The van der Waals surface area contributed by atoms with Gasteiger partial charge in [0.1, 0.15) is 0 Å². The van der Waals surface area contributed by atoms with Crippen LogP contribution in [0.2, 0.25) is 45.3 Å². The number of hydrogen-bond acceptors (Lipinski definition) is 2. The molecule has 0 heterocycles. The highest BCUT2D eigenvalue weighted by atomic mass is 28.4. The molecule has 0 aliphatic carbocycles. The zero-order valence-electron chi connectivity index (χ0n) is 10.1. The summed E-state index contributed by atoms with van der Waals surface area (Å²) in [6, 6.07) is 1.09. The summed E-state index contributed by atoms with van der Waals surface area (Å²) in [5.74, 6) is 0. The fraction of sp³-hybridized carbons (Fsp3) is 1.00. The Morgan fingerprint density at radius 1 is 0.846 bits per heavy atom. The molecule has 13 heavy (non-hydrogen) atoms. The van der Waals surface area contributed by atoms with Gasteiger partial charge < -0.3 is 8.23 Å². The largest absolute Gasteiger partial charge is 0.439 e. The molecule has 0 amide bonds. The van der Waals surface area contributed by atoms with Crippen LogP contribution in [0.15, 0.2) is 0 Å². The lowest BCUT2D eigenvalue weighted by atomic mass is 11.0. The topological polar surface area (TPSA) is 18.5 Å². The minimum atomic E-state index is -1.38. The van der Waals surface area contributed by atoms with Gasteiger partial charge in [-0.1, -0.05) is 6.92 Å². The minimum Gasteiger partial charge on any atom is -0.439 e. The molecule has 0 atom stereocenters. The van der Waals surface area contributed by atoms with Crippen LogP contribution in [0, 0.1) is 0 Å². The zero-order valence-corrected chi connectivity index (χ0v) is 13.3. The quantitative estimate of drug-likeness (QED) is 0.684. The molecule has 0 N–H and O–H groups in total. The number of rotatable bonds is 5. The van der Waals surface area contributed by atoms with E-state index < -0.39 is 25.9 Å². The molecule has 0 fully saturated rings. The van der Waals surface area contributed by atoms with Crippen molar-refractivity contribution in [1.29, 1.82) is 0 Å². The van der Waals surface area contributed by atoms with Crippen LogP contribution in [0.1, 0.15) is 6.92 Å². The van der Waals surface area contributed by atoms with E-state index in [9.17, 15) is 0 Å². The van der Waals surface area contributed by atoms with Crippen molar-refractivity contribution in [3.8, 4) is 0 Å². The maximum Gasteiger partial charge on any atom is 0.300 e. The predicted molar refractivity (Wildman–Crippen MR) is 66.5 cm³/mol. The Morgan fingerprint density at radius 2 is 1.15 bits per heavy atom. The van der Waals surface area contributed by atoms with Gasteiger partial charge in [0.25, 0.3) is 0 Å². The smallest absolute Gasteiger partial charge is 0.300 e. The molecule has 0 bridgehead atoms. The normalized spacial score (nSPS) is 13.8. The van der Waals surface area contributed by atoms with Crippen molar-refractivity contribution in [1.82, 2.24) is 0 Å². The van der Waals surface area contributed by atoms with Gasteiger partial charge >= 0.3 is 9.28 Å². The van der Waals surface area contributed by atoms with E-state index in [0.717, 1.165) is 6.04 Å². The molecule has 0 saturated heterocycles. The molecule has 80 valence electrons. The third-order valence-corrected chi connectivity index (χ3v) is 9.73. The van der Waals surface area contributed by atoms with E-state index in [1.165, 1.54) is 0 Å². The lowest BCUT2D eigenvalue weighted by molar-refractivity contribution is 0.419. The second-order valence-electron chi connectivity index (χ2n) is 5.30. The molecule has 0 aromatic heterocycles. The van der Waals surface area contributed by atoms with Crippen molar-refractivity contribution in [2.75, 3.05) is 0 Å². The second kappa shape index (κ2) is 4.88. The molecule has 0 aliphatic heterocycles. The Hall–Kier alpha value is 0.571. The van der Waals surface area contributed by atoms with Gasteiger partial charge in [-0.2, -0.15) is 0 Å². The highest BCUT2D eigenvalue weighted by Gasteiger charge is 2.26. The Labute approximate surface area is 86.8 Å². The average Bonchev–Trinajstić information content (AvgIpc) is 1.79. The van der Waals surface area contributed by atoms with Crippen LogP contribution in [0.3, 0.4) is 0 Å². The maximum absolute atomic E-state index is 6.05. The Balaban J connectivity index is 4.05. The van der Waals surface area contributed by atoms with E-state index in [-0.39, 0.29) is 0 Å². The highest BCUT2D eigenvalue weighted by Crippen LogP contribution is 2.13. The van der Waals surface area contributed by atoms with Crippen molar-refractivity contribution < 1.29 is 8.23 Å². The molecule has 0 aliphatic rings. The van der Waals surface area contributed by atoms with Gasteiger partial charge in [-0.05, 0) is 45.3 Å². The molecule has 0 spiro atoms. The fourth-order valence-electron chi connectivity index (χ4n) is 0.979. The molecule has 0 aromatic rings. The van der Waals surface area contributed by atoms with Crippen molar-refractivity contribution in [3.63, 3.8) is 0 Å². The summed E-state index contributed by atoms with van der Waals surface area (Å²) in [7, 11) is -4.10. The van der Waals surface area contributed by atoms with E-state index in [2.05, 4.69) is 46.2 Å². The van der Waals surface area contributed by atoms with Gasteiger partial charge in [-0.15, -0.1) is 0 Å². The first-order valence-electron chi connectivity index (χ1n) is 5.00. The molecule has 0 aromatic carbocycles. The summed E-state index contributed by atoms with van der Waals surface area (Å²) >= 11 is 0. The molecule has 0 rings (SSSR count). The van der Waals surface area contributed by atoms with Gasteiger partial charge in [-0.25, -0.2) is 0 Å². The third kappa shape index (κ3) is 8.89. The monoisotopic (exact) mass is 236 g/mol. The van der Waals surface area contributed by atoms with Gasteiger partial charge in [0.15, 0.2) is 16.6 Å². The average molecular weight is 237 g/mol. The van der Waals surface area contributed by atoms with E-state index in [1.807, 2.05) is 0 Å². The molecule has 5 heteroatoms. The van der Waals surface area contributed by atoms with Crippen LogP contribution in [0.25, 0.3) is 0 Å². The van der Waals surface area contributed by atoms with Crippen LogP contribution in [-0.2, 0) is 8.23 Å². The van der Waals surface area contributed by atoms with Gasteiger partial charge in [0, 0.05) is 0 Å². The standard InChI is InChI=1S/C8H24O2Si3/c1-8-11(9-12(2,3)4)10-13(5,6)7/h11H,8H2,1-7H3. The fourth-order valence-corrected chi connectivity index (χ4v) is 9.25.